The van der Waals surface area contributed by atoms with E-state index in [9.17, 15) is 14.7 Å². The van der Waals surface area contributed by atoms with Crippen LogP contribution in [0.25, 0.3) is 0 Å². The molecular weight excluding hydrogens is 482 g/mol. The van der Waals surface area contributed by atoms with Gasteiger partial charge in [-0.05, 0) is 56.7 Å². The maximum atomic E-state index is 12.0. The van der Waals surface area contributed by atoms with Crippen molar-refractivity contribution in [3.8, 4) is 17.2 Å². The fourth-order valence-electron chi connectivity index (χ4n) is 3.91. The molecule has 0 aromatic heterocycles. The fourth-order valence-corrected chi connectivity index (χ4v) is 3.91. The predicted molar refractivity (Wildman–Crippen MR) is 153 cm³/mol. The molecule has 1 aromatic carbocycles. The number of esters is 1. The Bertz CT molecular complexity index is 808. The van der Waals surface area contributed by atoms with E-state index in [0.717, 1.165) is 44.9 Å². The van der Waals surface area contributed by atoms with Crippen molar-refractivity contribution in [3.63, 3.8) is 0 Å². The number of amides is 1. The zero-order valence-corrected chi connectivity index (χ0v) is 24.2. The van der Waals surface area contributed by atoms with Crippen molar-refractivity contribution < 1.29 is 28.9 Å². The van der Waals surface area contributed by atoms with Gasteiger partial charge < -0.3 is 24.2 Å². The summed E-state index contributed by atoms with van der Waals surface area (Å²) in [5.41, 5.74) is 0. The molecule has 7 nitrogen and oxygen atoms in total. The molecule has 1 aromatic rings. The molecule has 1 rings (SSSR count). The van der Waals surface area contributed by atoms with Crippen LogP contribution in [0.3, 0.4) is 0 Å². The third-order valence-corrected chi connectivity index (χ3v) is 6.33. The van der Waals surface area contributed by atoms with Gasteiger partial charge in [0.25, 0.3) is 0 Å². The molecule has 0 heterocycles. The summed E-state index contributed by atoms with van der Waals surface area (Å²) in [7, 11) is 3.49. The van der Waals surface area contributed by atoms with E-state index >= 15 is 0 Å². The number of benzene rings is 1. The minimum Gasteiger partial charge on any atom is -0.490 e. The third-order valence-electron chi connectivity index (χ3n) is 6.33. The summed E-state index contributed by atoms with van der Waals surface area (Å²) in [6.07, 6.45) is 17.5. The number of aliphatic hydroxyl groups is 1. The van der Waals surface area contributed by atoms with E-state index in [2.05, 4.69) is 6.92 Å². The van der Waals surface area contributed by atoms with Gasteiger partial charge in [-0.1, -0.05) is 64.9 Å². The number of hydrogen-bond acceptors (Lipinski definition) is 6. The Balaban J connectivity index is 2.44. The van der Waals surface area contributed by atoms with Crippen LogP contribution in [0.5, 0.6) is 17.2 Å². The van der Waals surface area contributed by atoms with Gasteiger partial charge in [-0.3, -0.25) is 9.59 Å². The molecule has 0 bridgehead atoms. The van der Waals surface area contributed by atoms with E-state index < -0.39 is 0 Å². The lowest BCUT2D eigenvalue weighted by Crippen LogP contribution is -2.21. The van der Waals surface area contributed by atoms with E-state index in [1.807, 2.05) is 6.08 Å². The van der Waals surface area contributed by atoms with Gasteiger partial charge in [0.2, 0.25) is 11.7 Å². The van der Waals surface area contributed by atoms with Crippen molar-refractivity contribution in [2.24, 2.45) is 0 Å². The van der Waals surface area contributed by atoms with Gasteiger partial charge in [0.1, 0.15) is 0 Å². The Morgan fingerprint density at radius 2 is 1.61 bits per heavy atom. The molecule has 1 atom stereocenters. The summed E-state index contributed by atoms with van der Waals surface area (Å²) in [5.74, 6) is 0.847. The van der Waals surface area contributed by atoms with Crippen LogP contribution in [0.1, 0.15) is 110 Å². The fraction of sp³-hybridized carbons (Fsp3) is 0.677. The zero-order chi connectivity index (χ0) is 28.0. The van der Waals surface area contributed by atoms with E-state index in [1.165, 1.54) is 32.1 Å². The Kier molecular flexibility index (Phi) is 18.9. The predicted octanol–water partition coefficient (Wildman–Crippen LogP) is 7.20. The lowest BCUT2D eigenvalue weighted by Gasteiger charge is -2.15. The number of carbonyl (C=O) groups is 2. The Morgan fingerprint density at radius 3 is 2.32 bits per heavy atom. The second-order valence-corrected chi connectivity index (χ2v) is 9.99. The van der Waals surface area contributed by atoms with Crippen molar-refractivity contribution in [2.45, 2.75) is 116 Å². The second kappa shape index (κ2) is 21.4. The first-order valence-corrected chi connectivity index (χ1v) is 14.5. The first-order chi connectivity index (χ1) is 18.4. The first-order valence-electron chi connectivity index (χ1n) is 14.5. The number of nitrogens with zero attached hydrogens (tertiary/aromatic N) is 1. The number of carbonyl (C=O) groups excluding carboxylic acids is 2. The summed E-state index contributed by atoms with van der Waals surface area (Å²) in [6, 6.07) is 5.28. The Labute approximate surface area is 230 Å². The quantitative estimate of drug-likeness (QED) is 0.0734. The maximum Gasteiger partial charge on any atom is 0.311 e. The van der Waals surface area contributed by atoms with Gasteiger partial charge in [-0.2, -0.15) is 0 Å². The molecule has 1 unspecified atom stereocenters. The SMILES string of the molecule is CCCCCCCCC(O)CCCCC=COc1cccc(OCCCCC(=O)N(C)C)c1OC(=O)CC. The van der Waals surface area contributed by atoms with Crippen LogP contribution in [-0.4, -0.2) is 48.7 Å². The average Bonchev–Trinajstić information content (AvgIpc) is 2.90. The molecule has 216 valence electrons. The van der Waals surface area contributed by atoms with Gasteiger partial charge in [0.15, 0.2) is 11.5 Å². The van der Waals surface area contributed by atoms with Crippen LogP contribution in [-0.2, 0) is 9.59 Å². The Hall–Kier alpha value is -2.54. The normalized spacial score (nSPS) is 11.9. The van der Waals surface area contributed by atoms with Crippen molar-refractivity contribution >= 4 is 11.9 Å². The number of rotatable bonds is 22. The number of para-hydroxylation sites is 1. The lowest BCUT2D eigenvalue weighted by molar-refractivity contribution is -0.134. The van der Waals surface area contributed by atoms with Crippen molar-refractivity contribution in [1.29, 1.82) is 0 Å². The molecule has 0 saturated heterocycles. The van der Waals surface area contributed by atoms with Crippen LogP contribution in [0.4, 0.5) is 0 Å². The maximum absolute atomic E-state index is 12.0. The van der Waals surface area contributed by atoms with Crippen molar-refractivity contribution in [3.05, 3.63) is 30.5 Å². The summed E-state index contributed by atoms with van der Waals surface area (Å²) < 4.78 is 17.2. The van der Waals surface area contributed by atoms with Crippen LogP contribution in [0.15, 0.2) is 30.5 Å². The molecule has 7 heteroatoms. The van der Waals surface area contributed by atoms with Crippen LogP contribution >= 0.6 is 0 Å². The van der Waals surface area contributed by atoms with Crippen LogP contribution in [0, 0.1) is 0 Å². The second-order valence-electron chi connectivity index (χ2n) is 9.99. The van der Waals surface area contributed by atoms with E-state index in [4.69, 9.17) is 14.2 Å². The molecular formula is C31H51NO6. The number of aliphatic hydroxyl groups excluding tert-OH is 1. The molecule has 0 spiro atoms. The number of hydrogen-bond donors (Lipinski definition) is 1. The summed E-state index contributed by atoms with van der Waals surface area (Å²) in [4.78, 5) is 25.3. The molecule has 0 fully saturated rings. The molecule has 0 aliphatic heterocycles. The highest BCUT2D eigenvalue weighted by Gasteiger charge is 2.16. The molecule has 1 amide bonds. The van der Waals surface area contributed by atoms with Crippen molar-refractivity contribution in [2.75, 3.05) is 20.7 Å². The molecule has 0 aliphatic rings. The van der Waals surface area contributed by atoms with Crippen molar-refractivity contribution in [1.82, 2.24) is 4.90 Å². The highest BCUT2D eigenvalue weighted by atomic mass is 16.6. The van der Waals surface area contributed by atoms with E-state index in [0.29, 0.717) is 30.9 Å². The number of ether oxygens (including phenoxy) is 3. The molecule has 1 N–H and O–H groups in total. The van der Waals surface area contributed by atoms with E-state index in [-0.39, 0.29) is 30.2 Å². The summed E-state index contributed by atoms with van der Waals surface area (Å²) >= 11 is 0. The highest BCUT2D eigenvalue weighted by molar-refractivity contribution is 5.75. The molecule has 38 heavy (non-hydrogen) atoms. The van der Waals surface area contributed by atoms with E-state index in [1.54, 1.807) is 50.4 Å². The summed E-state index contributed by atoms with van der Waals surface area (Å²) in [5, 5.41) is 10.2. The lowest BCUT2D eigenvalue weighted by atomic mass is 10.0. The number of unbranched alkanes of at least 4 members (excludes halogenated alkanes) is 8. The average molecular weight is 534 g/mol. The molecule has 0 saturated carbocycles. The minimum absolute atomic E-state index is 0.0918. The first kappa shape index (κ1) is 33.5. The highest BCUT2D eigenvalue weighted by Crippen LogP contribution is 2.38. The monoisotopic (exact) mass is 533 g/mol. The zero-order valence-electron chi connectivity index (χ0n) is 24.2. The third kappa shape index (κ3) is 15.7. The summed E-state index contributed by atoms with van der Waals surface area (Å²) in [6.45, 7) is 4.36. The van der Waals surface area contributed by atoms with Gasteiger partial charge in [0.05, 0.1) is 19.0 Å². The molecule has 0 radical (unpaired) electrons. The van der Waals surface area contributed by atoms with Crippen LogP contribution < -0.4 is 14.2 Å². The van der Waals surface area contributed by atoms with Gasteiger partial charge in [-0.25, -0.2) is 0 Å². The van der Waals surface area contributed by atoms with Crippen LogP contribution in [0.2, 0.25) is 0 Å². The van der Waals surface area contributed by atoms with Gasteiger partial charge in [0, 0.05) is 26.9 Å². The van der Waals surface area contributed by atoms with Gasteiger partial charge >= 0.3 is 5.97 Å². The number of allylic oxidation sites excluding steroid dienone is 1. The molecule has 0 aliphatic carbocycles. The van der Waals surface area contributed by atoms with Gasteiger partial charge in [-0.15, -0.1) is 0 Å². The Morgan fingerprint density at radius 1 is 0.921 bits per heavy atom. The smallest absolute Gasteiger partial charge is 0.311 e. The largest absolute Gasteiger partial charge is 0.490 e. The topological polar surface area (TPSA) is 85.3 Å². The standard InChI is InChI=1S/C31H51NO6/c1-5-7-8-9-10-13-19-26(33)20-14-11-12-16-24-36-27-21-18-22-28(31(27)38-30(35)6-2)37-25-17-15-23-29(34)32(3)4/h16,18,21-22,24,26,33H,5-15,17,19-20,23,25H2,1-4H3. The minimum atomic E-state index is -0.369.